The number of anilines is 1. The van der Waals surface area contributed by atoms with E-state index in [9.17, 15) is 14.4 Å². The maximum atomic E-state index is 13.1. The number of hydrogen-bond acceptors (Lipinski definition) is 5. The number of ether oxygens (including phenoxy) is 2. The molecule has 0 unspecified atom stereocenters. The highest BCUT2D eigenvalue weighted by Crippen LogP contribution is 2.41. The van der Waals surface area contributed by atoms with Crippen molar-refractivity contribution < 1.29 is 23.9 Å². The summed E-state index contributed by atoms with van der Waals surface area (Å²) in [5.74, 6) is 0.0683. The second-order valence-electron chi connectivity index (χ2n) is 7.00. The predicted octanol–water partition coefficient (Wildman–Crippen LogP) is 2.04. The minimum atomic E-state index is -1.08. The molecule has 2 aliphatic rings. The van der Waals surface area contributed by atoms with Crippen LogP contribution < -0.4 is 20.1 Å². The lowest BCUT2D eigenvalue weighted by Gasteiger charge is -2.22. The van der Waals surface area contributed by atoms with Gasteiger partial charge in [-0.15, -0.1) is 0 Å². The van der Waals surface area contributed by atoms with E-state index in [2.05, 4.69) is 10.6 Å². The molecule has 0 radical (unpaired) electrons. The molecule has 1 aliphatic heterocycles. The van der Waals surface area contributed by atoms with Crippen molar-refractivity contribution in [2.75, 3.05) is 26.1 Å². The Morgan fingerprint density at radius 2 is 1.97 bits per heavy atom. The summed E-state index contributed by atoms with van der Waals surface area (Å²) < 4.78 is 10.4. The fourth-order valence-corrected chi connectivity index (χ4v) is 3.98. The molecule has 1 spiro atoms. The van der Waals surface area contributed by atoms with E-state index in [0.29, 0.717) is 30.0 Å². The van der Waals surface area contributed by atoms with E-state index in [1.54, 1.807) is 18.2 Å². The molecule has 1 saturated heterocycles. The fraction of sp³-hybridized carbons (Fsp3) is 0.286. The van der Waals surface area contributed by atoms with Crippen LogP contribution in [0.1, 0.15) is 17.5 Å². The van der Waals surface area contributed by atoms with Crippen molar-refractivity contribution in [2.24, 2.45) is 0 Å². The van der Waals surface area contributed by atoms with Crippen molar-refractivity contribution in [2.45, 2.75) is 18.4 Å². The first kappa shape index (κ1) is 18.8. The largest absolute Gasteiger partial charge is 0.497 e. The van der Waals surface area contributed by atoms with Gasteiger partial charge in [0, 0.05) is 6.07 Å². The van der Waals surface area contributed by atoms with E-state index < -0.39 is 29.9 Å². The zero-order valence-corrected chi connectivity index (χ0v) is 16.2. The summed E-state index contributed by atoms with van der Waals surface area (Å²) in [6.07, 6.45) is 1.18. The van der Waals surface area contributed by atoms with Gasteiger partial charge >= 0.3 is 6.03 Å². The molecule has 1 atom stereocenters. The average Bonchev–Trinajstić information content (AvgIpc) is 3.21. The van der Waals surface area contributed by atoms with Crippen LogP contribution in [0.5, 0.6) is 11.5 Å². The molecule has 4 amide bonds. The van der Waals surface area contributed by atoms with Gasteiger partial charge in [-0.05, 0) is 36.1 Å². The lowest BCUT2D eigenvalue weighted by molar-refractivity contribution is -0.134. The number of imide groups is 1. The van der Waals surface area contributed by atoms with Crippen molar-refractivity contribution >= 4 is 23.5 Å². The van der Waals surface area contributed by atoms with E-state index in [1.807, 2.05) is 24.3 Å². The predicted molar refractivity (Wildman–Crippen MR) is 105 cm³/mol. The first-order valence-corrected chi connectivity index (χ1v) is 9.23. The third-order valence-corrected chi connectivity index (χ3v) is 5.40. The summed E-state index contributed by atoms with van der Waals surface area (Å²) in [5, 5.41) is 5.49. The molecule has 2 aromatic rings. The summed E-state index contributed by atoms with van der Waals surface area (Å²) in [4.78, 5) is 39.2. The monoisotopic (exact) mass is 395 g/mol. The highest BCUT2D eigenvalue weighted by atomic mass is 16.5. The number of urea groups is 1. The molecule has 0 saturated carbocycles. The number of aryl methyl sites for hydroxylation is 1. The molecule has 150 valence electrons. The molecular weight excluding hydrogens is 374 g/mol. The maximum absolute atomic E-state index is 13.1. The van der Waals surface area contributed by atoms with Crippen LogP contribution in [0.25, 0.3) is 0 Å². The number of methoxy groups -OCH3 is 2. The van der Waals surface area contributed by atoms with Gasteiger partial charge in [-0.3, -0.25) is 14.5 Å². The van der Waals surface area contributed by atoms with Gasteiger partial charge in [0.05, 0.1) is 19.9 Å². The number of carbonyl (C=O) groups is 3. The highest BCUT2D eigenvalue weighted by molar-refractivity contribution is 6.11. The molecule has 2 aromatic carbocycles. The van der Waals surface area contributed by atoms with Gasteiger partial charge in [-0.1, -0.05) is 24.3 Å². The van der Waals surface area contributed by atoms with Gasteiger partial charge in [-0.2, -0.15) is 0 Å². The van der Waals surface area contributed by atoms with Gasteiger partial charge in [0.15, 0.2) is 0 Å². The number of benzene rings is 2. The Morgan fingerprint density at radius 3 is 2.72 bits per heavy atom. The standard InChI is InChI=1S/C21H21N3O5/c1-28-14-7-8-17(29-2)16(11-14)22-18(25)12-24-19(26)21(23-20(24)27)10-9-13-5-3-4-6-15(13)21/h3-8,11H,9-10,12H2,1-2H3,(H,22,25)(H,23,27)/t21-/m1/s1. The molecule has 2 N–H and O–H groups in total. The Kier molecular flexibility index (Phi) is 4.62. The second-order valence-corrected chi connectivity index (χ2v) is 7.00. The minimum Gasteiger partial charge on any atom is -0.497 e. The topological polar surface area (TPSA) is 97.0 Å². The molecule has 1 aliphatic carbocycles. The van der Waals surface area contributed by atoms with E-state index in [-0.39, 0.29) is 0 Å². The molecule has 4 rings (SSSR count). The van der Waals surface area contributed by atoms with Crippen LogP contribution in [0.2, 0.25) is 0 Å². The number of nitrogens with one attached hydrogen (secondary N) is 2. The van der Waals surface area contributed by atoms with Crippen molar-refractivity contribution in [3.8, 4) is 11.5 Å². The molecule has 1 fully saturated rings. The second kappa shape index (κ2) is 7.12. The van der Waals surface area contributed by atoms with Crippen LogP contribution in [0.3, 0.4) is 0 Å². The molecule has 8 nitrogen and oxygen atoms in total. The zero-order valence-electron chi connectivity index (χ0n) is 16.2. The van der Waals surface area contributed by atoms with Crippen molar-refractivity contribution in [3.05, 3.63) is 53.6 Å². The van der Waals surface area contributed by atoms with Crippen LogP contribution in [0.4, 0.5) is 10.5 Å². The third kappa shape index (κ3) is 3.06. The van der Waals surface area contributed by atoms with E-state index >= 15 is 0 Å². The van der Waals surface area contributed by atoms with E-state index in [4.69, 9.17) is 9.47 Å². The van der Waals surface area contributed by atoms with Gasteiger partial charge in [-0.25, -0.2) is 4.79 Å². The summed E-state index contributed by atoms with van der Waals surface area (Å²) in [6.45, 7) is -0.394. The number of hydrogen-bond donors (Lipinski definition) is 2. The quantitative estimate of drug-likeness (QED) is 0.755. The average molecular weight is 395 g/mol. The van der Waals surface area contributed by atoms with Crippen LogP contribution >= 0.6 is 0 Å². The smallest absolute Gasteiger partial charge is 0.325 e. The molecule has 1 heterocycles. The first-order valence-electron chi connectivity index (χ1n) is 9.23. The van der Waals surface area contributed by atoms with Crippen molar-refractivity contribution in [3.63, 3.8) is 0 Å². The number of fused-ring (bicyclic) bond motifs is 2. The normalized spacial score (nSPS) is 19.9. The summed E-state index contributed by atoms with van der Waals surface area (Å²) in [6, 6.07) is 12.0. The van der Waals surface area contributed by atoms with Crippen LogP contribution in [0, 0.1) is 0 Å². The zero-order chi connectivity index (χ0) is 20.6. The number of amides is 4. The Bertz CT molecular complexity index is 1010. The minimum absolute atomic E-state index is 0.393. The first-order chi connectivity index (χ1) is 14.0. The Balaban J connectivity index is 1.53. The van der Waals surface area contributed by atoms with Gasteiger partial charge in [0.1, 0.15) is 23.6 Å². The fourth-order valence-electron chi connectivity index (χ4n) is 3.98. The maximum Gasteiger partial charge on any atom is 0.325 e. The molecular formula is C21H21N3O5. The number of carbonyl (C=O) groups excluding carboxylic acids is 3. The lowest BCUT2D eigenvalue weighted by Crippen LogP contribution is -2.43. The summed E-state index contributed by atoms with van der Waals surface area (Å²) in [7, 11) is 3.00. The van der Waals surface area contributed by atoms with Crippen molar-refractivity contribution in [1.29, 1.82) is 0 Å². The van der Waals surface area contributed by atoms with E-state index in [1.165, 1.54) is 14.2 Å². The summed E-state index contributed by atoms with van der Waals surface area (Å²) >= 11 is 0. The SMILES string of the molecule is COc1ccc(OC)c(NC(=O)CN2C(=O)N[C@@]3(CCc4ccccc43)C2=O)c1. The Morgan fingerprint density at radius 1 is 1.17 bits per heavy atom. The Hall–Kier alpha value is -3.55. The molecule has 29 heavy (non-hydrogen) atoms. The van der Waals surface area contributed by atoms with Crippen LogP contribution in [-0.2, 0) is 21.5 Å². The lowest BCUT2D eigenvalue weighted by atomic mass is 9.92. The Labute approximate surface area is 167 Å². The number of rotatable bonds is 5. The number of nitrogens with zero attached hydrogens (tertiary/aromatic N) is 1. The van der Waals surface area contributed by atoms with Crippen LogP contribution in [-0.4, -0.2) is 43.5 Å². The van der Waals surface area contributed by atoms with Gasteiger partial charge in [0.2, 0.25) is 5.91 Å². The molecule has 0 bridgehead atoms. The van der Waals surface area contributed by atoms with E-state index in [0.717, 1.165) is 16.0 Å². The third-order valence-electron chi connectivity index (χ3n) is 5.40. The van der Waals surface area contributed by atoms with Crippen LogP contribution in [0.15, 0.2) is 42.5 Å². The highest BCUT2D eigenvalue weighted by Gasteiger charge is 2.55. The van der Waals surface area contributed by atoms with Gasteiger partial charge < -0.3 is 20.1 Å². The van der Waals surface area contributed by atoms with Crippen molar-refractivity contribution in [1.82, 2.24) is 10.2 Å². The molecule has 8 heteroatoms. The van der Waals surface area contributed by atoms with Gasteiger partial charge in [0.25, 0.3) is 5.91 Å². The summed E-state index contributed by atoms with van der Waals surface area (Å²) in [5.41, 5.74) is 1.15. The molecule has 0 aromatic heterocycles.